The van der Waals surface area contributed by atoms with Crippen molar-refractivity contribution in [3.8, 4) is 0 Å². The molecule has 222 valence electrons. The lowest BCUT2D eigenvalue weighted by Crippen LogP contribution is -2.27. The van der Waals surface area contributed by atoms with Crippen molar-refractivity contribution in [3.05, 3.63) is 71.0 Å². The molecular formula is C30H36F2N8OS. The number of rotatable bonds is 10. The van der Waals surface area contributed by atoms with E-state index in [-0.39, 0.29) is 17.5 Å². The average molecular weight is 595 g/mol. The Morgan fingerprint density at radius 1 is 1.17 bits per heavy atom. The fourth-order valence-corrected chi connectivity index (χ4v) is 5.33. The molecule has 1 amide bonds. The SMILES string of the molecule is C=C(/C(=C(\N=C(/C)N(C)c1c(F)cc(SC)cc1F)Nc1cc(C2CC2)[nH]n1)C1CC1)c1cnn(C)c1C(=O)N(C)C. The number of aliphatic imine (C=N–C) groups is 1. The molecule has 5 rings (SSSR count). The molecule has 1 aromatic carbocycles. The summed E-state index contributed by atoms with van der Waals surface area (Å²) in [6.45, 7) is 6.11. The Bertz CT molecular complexity index is 1570. The van der Waals surface area contributed by atoms with Crippen molar-refractivity contribution in [3.63, 3.8) is 0 Å². The second-order valence-electron chi connectivity index (χ2n) is 11.0. The molecule has 42 heavy (non-hydrogen) atoms. The van der Waals surface area contributed by atoms with E-state index in [2.05, 4.69) is 27.2 Å². The van der Waals surface area contributed by atoms with Crippen molar-refractivity contribution in [2.45, 2.75) is 43.4 Å². The lowest BCUT2D eigenvalue weighted by molar-refractivity contribution is 0.0816. The van der Waals surface area contributed by atoms with Gasteiger partial charge in [0.25, 0.3) is 5.91 Å². The third-order valence-electron chi connectivity index (χ3n) is 7.62. The summed E-state index contributed by atoms with van der Waals surface area (Å²) >= 11 is 1.27. The summed E-state index contributed by atoms with van der Waals surface area (Å²) in [6.07, 6.45) is 7.46. The Morgan fingerprint density at radius 2 is 1.83 bits per heavy atom. The van der Waals surface area contributed by atoms with E-state index in [9.17, 15) is 4.79 Å². The third kappa shape index (κ3) is 5.99. The number of allylic oxidation sites excluding steroid dienone is 2. The molecule has 2 N–H and O–H groups in total. The van der Waals surface area contributed by atoms with Gasteiger partial charge in [0.1, 0.15) is 23.0 Å². The van der Waals surface area contributed by atoms with E-state index in [0.717, 1.165) is 37.0 Å². The zero-order valence-corrected chi connectivity index (χ0v) is 25.6. The molecule has 2 fully saturated rings. The molecule has 2 aliphatic rings. The van der Waals surface area contributed by atoms with Gasteiger partial charge in [0.15, 0.2) is 17.5 Å². The molecule has 0 aliphatic heterocycles. The number of aryl methyl sites for hydroxylation is 1. The highest BCUT2D eigenvalue weighted by atomic mass is 32.2. The summed E-state index contributed by atoms with van der Waals surface area (Å²) in [7, 11) is 6.68. The molecule has 2 heterocycles. The van der Waals surface area contributed by atoms with Crippen LogP contribution in [0.3, 0.4) is 0 Å². The van der Waals surface area contributed by atoms with E-state index in [1.165, 1.54) is 33.7 Å². The highest BCUT2D eigenvalue weighted by Gasteiger charge is 2.34. The van der Waals surface area contributed by atoms with Gasteiger partial charge >= 0.3 is 0 Å². The monoisotopic (exact) mass is 594 g/mol. The van der Waals surface area contributed by atoms with Crippen molar-refractivity contribution in [2.24, 2.45) is 18.0 Å². The van der Waals surface area contributed by atoms with Gasteiger partial charge in [0.2, 0.25) is 0 Å². The molecule has 9 nitrogen and oxygen atoms in total. The summed E-state index contributed by atoms with van der Waals surface area (Å²) in [5.74, 6) is 0.433. The first kappa shape index (κ1) is 29.6. The Labute approximate surface area is 248 Å². The van der Waals surface area contributed by atoms with Crippen LogP contribution in [0.15, 0.2) is 52.3 Å². The number of hydrogen-bond acceptors (Lipinski definition) is 6. The van der Waals surface area contributed by atoms with Crippen LogP contribution < -0.4 is 10.2 Å². The number of amidine groups is 1. The minimum absolute atomic E-state index is 0.126. The summed E-state index contributed by atoms with van der Waals surface area (Å²) < 4.78 is 31.7. The predicted molar refractivity (Wildman–Crippen MR) is 164 cm³/mol. The predicted octanol–water partition coefficient (Wildman–Crippen LogP) is 6.02. The van der Waals surface area contributed by atoms with Crippen LogP contribution in [0, 0.1) is 17.6 Å². The standard InChI is InChI=1S/C30H36F2N8OS/c1-16(21-15-33-40(6)27(21)30(41)38(3)4)26(19-10-11-19)29(35-25-14-24(36-37-25)18-8-9-18)34-17(2)39(5)28-22(31)12-20(42-7)13-23(28)32/h12-15,18-19H,1,8-11H2,2-7H3,(H2,35,36,37)/b29-26-,34-17+. The van der Waals surface area contributed by atoms with E-state index in [1.54, 1.807) is 52.2 Å². The summed E-state index contributed by atoms with van der Waals surface area (Å²) in [4.78, 5) is 21.4. The number of thioether (sulfide) groups is 1. The number of nitrogens with one attached hydrogen (secondary N) is 2. The van der Waals surface area contributed by atoms with Crippen molar-refractivity contribution >= 4 is 40.6 Å². The van der Waals surface area contributed by atoms with Crippen LogP contribution in [0.25, 0.3) is 5.57 Å². The molecule has 12 heteroatoms. The molecule has 0 spiro atoms. The number of hydrogen-bond donors (Lipinski definition) is 2. The van der Waals surface area contributed by atoms with E-state index in [0.29, 0.717) is 45.1 Å². The van der Waals surface area contributed by atoms with Gasteiger partial charge in [0, 0.05) is 61.9 Å². The summed E-state index contributed by atoms with van der Waals surface area (Å²) in [6, 6.07) is 4.59. The Kier molecular flexibility index (Phi) is 8.27. The second kappa shape index (κ2) is 11.7. The number of carbonyl (C=O) groups is 1. The Morgan fingerprint density at radius 3 is 2.40 bits per heavy atom. The maximum absolute atomic E-state index is 15.1. The Balaban J connectivity index is 1.61. The number of amides is 1. The second-order valence-corrected chi connectivity index (χ2v) is 11.9. The van der Waals surface area contributed by atoms with E-state index in [4.69, 9.17) is 4.99 Å². The number of nitrogens with zero attached hydrogens (tertiary/aromatic N) is 6. The first-order valence-electron chi connectivity index (χ1n) is 13.8. The van der Waals surface area contributed by atoms with E-state index >= 15 is 8.78 Å². The molecule has 2 aromatic heterocycles. The number of halogens is 2. The van der Waals surface area contributed by atoms with Crippen molar-refractivity contribution in [1.82, 2.24) is 24.9 Å². The molecule has 2 aliphatic carbocycles. The first-order chi connectivity index (χ1) is 20.0. The molecule has 3 aromatic rings. The fraction of sp³-hybridized carbons (Fsp3) is 0.400. The quantitative estimate of drug-likeness (QED) is 0.129. The van der Waals surface area contributed by atoms with Crippen LogP contribution in [-0.4, -0.2) is 64.0 Å². The number of anilines is 2. The number of aromatic amines is 1. The Hall–Kier alpha value is -3.93. The van der Waals surface area contributed by atoms with Gasteiger partial charge in [-0.3, -0.25) is 14.6 Å². The molecule has 0 bridgehead atoms. The van der Waals surface area contributed by atoms with Gasteiger partial charge in [-0.05, 0) is 62.5 Å². The van der Waals surface area contributed by atoms with Gasteiger partial charge in [-0.15, -0.1) is 11.8 Å². The largest absolute Gasteiger partial charge is 0.343 e. The van der Waals surface area contributed by atoms with E-state index < -0.39 is 11.6 Å². The summed E-state index contributed by atoms with van der Waals surface area (Å²) in [5, 5.41) is 15.3. The van der Waals surface area contributed by atoms with E-state index in [1.807, 2.05) is 6.07 Å². The number of aromatic nitrogens is 4. The number of carbonyl (C=O) groups excluding carboxylic acids is 1. The molecule has 0 saturated heterocycles. The minimum atomic E-state index is -0.676. The third-order valence-corrected chi connectivity index (χ3v) is 8.33. The maximum atomic E-state index is 15.1. The molecule has 2 saturated carbocycles. The van der Waals surface area contributed by atoms with Gasteiger partial charge in [-0.1, -0.05) is 6.58 Å². The van der Waals surface area contributed by atoms with Crippen LogP contribution in [0.5, 0.6) is 0 Å². The average Bonchev–Trinajstić information content (AvgIpc) is 3.88. The lowest BCUT2D eigenvalue weighted by atomic mass is 9.95. The normalized spacial score (nSPS) is 15.9. The van der Waals surface area contributed by atoms with Crippen LogP contribution in [-0.2, 0) is 7.05 Å². The zero-order valence-electron chi connectivity index (χ0n) is 24.8. The van der Waals surface area contributed by atoms with Gasteiger partial charge in [-0.2, -0.15) is 10.2 Å². The molecule has 0 radical (unpaired) electrons. The topological polar surface area (TPSA) is 94.4 Å². The van der Waals surface area contributed by atoms with Crippen molar-refractivity contribution in [2.75, 3.05) is 37.6 Å². The summed E-state index contributed by atoms with van der Waals surface area (Å²) in [5.41, 5.74) is 3.28. The van der Waals surface area contributed by atoms with Crippen molar-refractivity contribution in [1.29, 1.82) is 0 Å². The smallest absolute Gasteiger partial charge is 0.272 e. The van der Waals surface area contributed by atoms with Crippen molar-refractivity contribution < 1.29 is 13.6 Å². The van der Waals surface area contributed by atoms with Gasteiger partial charge < -0.3 is 15.1 Å². The highest BCUT2D eigenvalue weighted by Crippen LogP contribution is 2.45. The number of benzene rings is 1. The molecule has 0 atom stereocenters. The van der Waals surface area contributed by atoms with Crippen LogP contribution in [0.4, 0.5) is 20.3 Å². The number of H-pyrrole nitrogens is 1. The lowest BCUT2D eigenvalue weighted by Gasteiger charge is -2.22. The minimum Gasteiger partial charge on any atom is -0.343 e. The first-order valence-corrected chi connectivity index (χ1v) is 15.0. The van der Waals surface area contributed by atoms with Crippen LogP contribution in [0.2, 0.25) is 0 Å². The zero-order chi connectivity index (χ0) is 30.3. The highest BCUT2D eigenvalue weighted by molar-refractivity contribution is 7.98. The van der Waals surface area contributed by atoms with Gasteiger partial charge in [0.05, 0.1) is 6.20 Å². The molecule has 0 unspecified atom stereocenters. The molecular weight excluding hydrogens is 558 g/mol. The maximum Gasteiger partial charge on any atom is 0.272 e. The van der Waals surface area contributed by atoms with Gasteiger partial charge in [-0.25, -0.2) is 13.8 Å². The van der Waals surface area contributed by atoms with Crippen LogP contribution in [0.1, 0.15) is 60.3 Å². The fourth-order valence-electron chi connectivity index (χ4n) is 4.88. The van der Waals surface area contributed by atoms with Crippen LogP contribution >= 0.6 is 11.8 Å².